The van der Waals surface area contributed by atoms with Crippen molar-refractivity contribution in [2.24, 2.45) is 5.73 Å². The van der Waals surface area contributed by atoms with E-state index in [9.17, 15) is 8.42 Å². The highest BCUT2D eigenvalue weighted by Crippen LogP contribution is 2.34. The molecule has 0 saturated heterocycles. The van der Waals surface area contributed by atoms with Gasteiger partial charge in [0.15, 0.2) is 0 Å². The molecule has 0 unspecified atom stereocenters. The van der Waals surface area contributed by atoms with Crippen molar-refractivity contribution in [3.63, 3.8) is 0 Å². The summed E-state index contributed by atoms with van der Waals surface area (Å²) in [4.78, 5) is 3.88. The zero-order chi connectivity index (χ0) is 14.8. The average Bonchev–Trinajstić information content (AvgIpc) is 2.38. The lowest BCUT2D eigenvalue weighted by atomic mass is 9.80. The zero-order valence-electron chi connectivity index (χ0n) is 11.1. The van der Waals surface area contributed by atoms with Crippen molar-refractivity contribution >= 4 is 27.2 Å². The Bertz CT molecular complexity index is 607. The monoisotopic (exact) mass is 315 g/mol. The van der Waals surface area contributed by atoms with E-state index in [4.69, 9.17) is 22.7 Å². The lowest BCUT2D eigenvalue weighted by Gasteiger charge is -2.40. The Morgan fingerprint density at radius 2 is 2.30 bits per heavy atom. The molecule has 1 fully saturated rings. The highest BCUT2D eigenvalue weighted by Gasteiger charge is 2.38. The Balaban J connectivity index is 2.21. The smallest absolute Gasteiger partial charge is 0.242 e. The largest absolute Gasteiger partial charge is 0.388 e. The fourth-order valence-electron chi connectivity index (χ4n) is 2.12. The summed E-state index contributed by atoms with van der Waals surface area (Å²) >= 11 is 4.83. The van der Waals surface area contributed by atoms with Gasteiger partial charge in [0.05, 0.1) is 5.60 Å². The number of hydrogen-bond acceptors (Lipinski definition) is 5. The normalized spacial score (nSPS) is 17.4. The molecule has 0 aromatic carbocycles. The maximum Gasteiger partial charge on any atom is 0.242 e. The van der Waals surface area contributed by atoms with Gasteiger partial charge in [-0.1, -0.05) is 12.2 Å². The summed E-state index contributed by atoms with van der Waals surface area (Å²) in [6.07, 6.45) is 4.19. The van der Waals surface area contributed by atoms with Crippen molar-refractivity contribution in [2.75, 3.05) is 13.7 Å². The molecular weight excluding hydrogens is 298 g/mol. The van der Waals surface area contributed by atoms with Gasteiger partial charge in [-0.3, -0.25) is 4.98 Å². The van der Waals surface area contributed by atoms with Crippen molar-refractivity contribution < 1.29 is 13.2 Å². The molecule has 2 rings (SSSR count). The molecular formula is C12H17N3O3S2. The molecule has 1 aromatic heterocycles. The first-order valence-corrected chi connectivity index (χ1v) is 8.09. The van der Waals surface area contributed by atoms with Gasteiger partial charge in [-0.15, -0.1) is 0 Å². The first kappa shape index (κ1) is 15.3. The number of hydrogen-bond donors (Lipinski definition) is 2. The van der Waals surface area contributed by atoms with Crippen molar-refractivity contribution in [3.05, 3.63) is 24.0 Å². The van der Waals surface area contributed by atoms with Gasteiger partial charge in [-0.2, -0.15) is 0 Å². The number of pyridine rings is 1. The quantitative estimate of drug-likeness (QED) is 0.745. The molecule has 0 bridgehead atoms. The molecule has 110 valence electrons. The average molecular weight is 315 g/mol. The van der Waals surface area contributed by atoms with Gasteiger partial charge in [0, 0.05) is 19.9 Å². The van der Waals surface area contributed by atoms with Crippen LogP contribution < -0.4 is 10.5 Å². The molecule has 1 heterocycles. The Hall–Kier alpha value is -1.09. The Morgan fingerprint density at radius 3 is 2.80 bits per heavy atom. The number of sulfonamides is 1. The fourth-order valence-corrected chi connectivity index (χ4v) is 3.63. The van der Waals surface area contributed by atoms with Gasteiger partial charge in [0.2, 0.25) is 10.0 Å². The number of ether oxygens (including phenoxy) is 1. The molecule has 1 aliphatic carbocycles. The minimum absolute atomic E-state index is 0.00178. The Kier molecular flexibility index (Phi) is 4.38. The molecule has 6 nitrogen and oxygen atoms in total. The highest BCUT2D eigenvalue weighted by molar-refractivity contribution is 7.89. The van der Waals surface area contributed by atoms with Gasteiger partial charge in [-0.25, -0.2) is 13.1 Å². The predicted molar refractivity (Wildman–Crippen MR) is 78.9 cm³/mol. The van der Waals surface area contributed by atoms with Crippen LogP contribution in [-0.4, -0.2) is 37.6 Å². The molecule has 1 saturated carbocycles. The molecule has 0 atom stereocenters. The number of thiocarbonyl (C=S) groups is 1. The SMILES string of the molecule is COC1(CNS(=O)(=O)c2cccnc2C(N)=S)CCC1. The Labute approximate surface area is 123 Å². The highest BCUT2D eigenvalue weighted by atomic mass is 32.2. The van der Waals surface area contributed by atoms with E-state index < -0.39 is 15.6 Å². The predicted octanol–water partition coefficient (Wildman–Crippen LogP) is 0.563. The summed E-state index contributed by atoms with van der Waals surface area (Å²) in [6.45, 7) is 0.234. The van der Waals surface area contributed by atoms with E-state index in [-0.39, 0.29) is 22.1 Å². The lowest BCUT2D eigenvalue weighted by Crippen LogP contribution is -2.49. The maximum atomic E-state index is 12.3. The third-order valence-corrected chi connectivity index (χ3v) is 5.20. The van der Waals surface area contributed by atoms with Gasteiger partial charge < -0.3 is 10.5 Å². The molecule has 3 N–H and O–H groups in total. The maximum absolute atomic E-state index is 12.3. The van der Waals surface area contributed by atoms with Crippen LogP contribution in [0, 0.1) is 0 Å². The second kappa shape index (κ2) is 5.72. The summed E-state index contributed by atoms with van der Waals surface area (Å²) in [5.74, 6) is 0. The standard InChI is InChI=1S/C12H17N3O3S2/c1-18-12(5-3-6-12)8-15-20(16,17)9-4-2-7-14-10(9)11(13)19/h2,4,7,15H,3,5-6,8H2,1H3,(H2,13,19). The first-order valence-electron chi connectivity index (χ1n) is 6.20. The van der Waals surface area contributed by atoms with Crippen molar-refractivity contribution in [3.8, 4) is 0 Å². The van der Waals surface area contributed by atoms with Gasteiger partial charge in [-0.05, 0) is 31.4 Å². The second-order valence-corrected chi connectivity index (χ2v) is 6.95. The third-order valence-electron chi connectivity index (χ3n) is 3.58. The van der Waals surface area contributed by atoms with Crippen molar-refractivity contribution in [1.29, 1.82) is 0 Å². The van der Waals surface area contributed by atoms with Crippen molar-refractivity contribution in [2.45, 2.75) is 29.8 Å². The van der Waals surface area contributed by atoms with Crippen molar-refractivity contribution in [1.82, 2.24) is 9.71 Å². The van der Waals surface area contributed by atoms with Crippen LogP contribution in [0.1, 0.15) is 25.0 Å². The van der Waals surface area contributed by atoms with Crippen LogP contribution in [0.4, 0.5) is 0 Å². The van der Waals surface area contributed by atoms with E-state index in [1.165, 1.54) is 18.3 Å². The summed E-state index contributed by atoms with van der Waals surface area (Å²) in [5, 5.41) is 0. The molecule has 0 aliphatic heterocycles. The van der Waals surface area contributed by atoms with E-state index >= 15 is 0 Å². The van der Waals surface area contributed by atoms with Gasteiger partial charge in [0.1, 0.15) is 15.6 Å². The van der Waals surface area contributed by atoms with E-state index in [2.05, 4.69) is 9.71 Å². The number of nitrogens with one attached hydrogen (secondary N) is 1. The van der Waals surface area contributed by atoms with Gasteiger partial charge in [0.25, 0.3) is 0 Å². The molecule has 1 aliphatic rings. The topological polar surface area (TPSA) is 94.3 Å². The number of rotatable bonds is 6. The van der Waals surface area contributed by atoms with E-state index in [0.29, 0.717) is 0 Å². The summed E-state index contributed by atoms with van der Waals surface area (Å²) in [7, 11) is -2.12. The lowest BCUT2D eigenvalue weighted by molar-refractivity contribution is -0.0659. The number of nitrogens with two attached hydrogens (primary N) is 1. The summed E-state index contributed by atoms with van der Waals surface area (Å²) < 4.78 is 32.6. The van der Waals surface area contributed by atoms with Gasteiger partial charge >= 0.3 is 0 Å². The number of nitrogens with zero attached hydrogens (tertiary/aromatic N) is 1. The van der Waals surface area contributed by atoms with E-state index in [1.54, 1.807) is 7.11 Å². The molecule has 0 spiro atoms. The van der Waals surface area contributed by atoms with Crippen LogP contribution in [-0.2, 0) is 14.8 Å². The minimum Gasteiger partial charge on any atom is -0.388 e. The fraction of sp³-hybridized carbons (Fsp3) is 0.500. The molecule has 0 amide bonds. The van der Waals surface area contributed by atoms with Crippen LogP contribution in [0.5, 0.6) is 0 Å². The number of methoxy groups -OCH3 is 1. The van der Waals surface area contributed by atoms with Crippen LogP contribution in [0.2, 0.25) is 0 Å². The van der Waals surface area contributed by atoms with E-state index in [0.717, 1.165) is 19.3 Å². The Morgan fingerprint density at radius 1 is 1.60 bits per heavy atom. The number of aromatic nitrogens is 1. The van der Waals surface area contributed by atoms with E-state index in [1.807, 2.05) is 0 Å². The first-order chi connectivity index (χ1) is 9.40. The molecule has 1 aromatic rings. The molecule has 8 heteroatoms. The van der Waals surface area contributed by atoms with Crippen LogP contribution >= 0.6 is 12.2 Å². The third kappa shape index (κ3) is 2.98. The van der Waals surface area contributed by atoms with Crippen LogP contribution in [0.15, 0.2) is 23.2 Å². The second-order valence-electron chi connectivity index (χ2n) is 4.78. The summed E-state index contributed by atoms with van der Waals surface area (Å²) in [5.41, 5.74) is 5.23. The molecule has 0 radical (unpaired) electrons. The zero-order valence-corrected chi connectivity index (χ0v) is 12.8. The summed E-state index contributed by atoms with van der Waals surface area (Å²) in [6, 6.07) is 2.97. The minimum atomic E-state index is -3.72. The molecule has 20 heavy (non-hydrogen) atoms. The van der Waals surface area contributed by atoms with Crippen LogP contribution in [0.25, 0.3) is 0 Å². The van der Waals surface area contributed by atoms with Crippen LogP contribution in [0.3, 0.4) is 0 Å².